The van der Waals surface area contributed by atoms with E-state index in [9.17, 15) is 18.5 Å². The first-order chi connectivity index (χ1) is 15.2. The first kappa shape index (κ1) is 23.7. The van der Waals surface area contributed by atoms with Crippen LogP contribution in [0.4, 0.5) is 5.69 Å². The molecule has 9 heteroatoms. The van der Waals surface area contributed by atoms with E-state index < -0.39 is 16.0 Å². The van der Waals surface area contributed by atoms with Gasteiger partial charge in [0, 0.05) is 15.7 Å². The third kappa shape index (κ3) is 5.85. The lowest BCUT2D eigenvalue weighted by atomic mass is 10.1. The number of carbonyl (C=O) groups excluding carboxylic acids is 1. The van der Waals surface area contributed by atoms with E-state index in [-0.39, 0.29) is 21.8 Å². The highest BCUT2D eigenvalue weighted by atomic mass is 79.9. The largest absolute Gasteiger partial charge is 0.377 e. The second-order valence-corrected chi connectivity index (χ2v) is 9.96. The van der Waals surface area contributed by atoms with Crippen molar-refractivity contribution in [3.63, 3.8) is 0 Å². The van der Waals surface area contributed by atoms with Gasteiger partial charge in [0.15, 0.2) is 5.75 Å². The van der Waals surface area contributed by atoms with Crippen molar-refractivity contribution in [2.24, 2.45) is 0 Å². The van der Waals surface area contributed by atoms with Crippen molar-refractivity contribution in [2.45, 2.75) is 11.8 Å². The molecular weight excluding hydrogens is 560 g/mol. The number of nitriles is 1. The summed E-state index contributed by atoms with van der Waals surface area (Å²) >= 11 is 6.64. The van der Waals surface area contributed by atoms with Crippen LogP contribution in [0.2, 0.25) is 0 Å². The molecular formula is C23H16Br2N2O4S. The summed E-state index contributed by atoms with van der Waals surface area (Å²) in [6, 6.07) is 19.9. The van der Waals surface area contributed by atoms with Crippen molar-refractivity contribution in [1.82, 2.24) is 0 Å². The summed E-state index contributed by atoms with van der Waals surface area (Å²) in [5.41, 5.74) is 1.42. The van der Waals surface area contributed by atoms with Crippen LogP contribution in [0.15, 0.2) is 86.1 Å². The highest BCUT2D eigenvalue weighted by Crippen LogP contribution is 2.36. The third-order valence-electron chi connectivity index (χ3n) is 4.24. The molecule has 3 aromatic carbocycles. The van der Waals surface area contributed by atoms with E-state index in [0.717, 1.165) is 5.56 Å². The zero-order chi connectivity index (χ0) is 23.3. The van der Waals surface area contributed by atoms with E-state index in [2.05, 4.69) is 37.2 Å². The van der Waals surface area contributed by atoms with Crippen LogP contribution in [0.5, 0.6) is 5.75 Å². The fraction of sp³-hybridized carbons (Fsp3) is 0.0435. The first-order valence-corrected chi connectivity index (χ1v) is 12.2. The lowest BCUT2D eigenvalue weighted by molar-refractivity contribution is -0.112. The second kappa shape index (κ2) is 10.1. The Kier molecular flexibility index (Phi) is 7.51. The van der Waals surface area contributed by atoms with Gasteiger partial charge in [0.05, 0.1) is 4.47 Å². The lowest BCUT2D eigenvalue weighted by Crippen LogP contribution is -2.14. The first-order valence-electron chi connectivity index (χ1n) is 9.18. The zero-order valence-electron chi connectivity index (χ0n) is 16.7. The van der Waals surface area contributed by atoms with Crippen molar-refractivity contribution in [3.05, 3.63) is 92.4 Å². The number of halogens is 2. The van der Waals surface area contributed by atoms with Gasteiger partial charge in [-0.25, -0.2) is 0 Å². The van der Waals surface area contributed by atoms with Gasteiger partial charge in [0.2, 0.25) is 0 Å². The molecule has 1 N–H and O–H groups in total. The van der Waals surface area contributed by atoms with E-state index in [1.165, 1.54) is 18.2 Å². The quantitative estimate of drug-likeness (QED) is 0.226. The molecule has 0 heterocycles. The molecule has 0 aliphatic heterocycles. The van der Waals surface area contributed by atoms with Gasteiger partial charge in [-0.05, 0) is 65.3 Å². The Morgan fingerprint density at radius 2 is 1.72 bits per heavy atom. The van der Waals surface area contributed by atoms with Gasteiger partial charge in [0.1, 0.15) is 16.5 Å². The third-order valence-corrected chi connectivity index (χ3v) is 6.52. The summed E-state index contributed by atoms with van der Waals surface area (Å²) in [4.78, 5) is 12.6. The topological polar surface area (TPSA) is 96.3 Å². The maximum absolute atomic E-state index is 12.8. The van der Waals surface area contributed by atoms with Gasteiger partial charge < -0.3 is 9.50 Å². The molecule has 0 fully saturated rings. The van der Waals surface area contributed by atoms with Gasteiger partial charge in [-0.3, -0.25) is 4.79 Å². The minimum atomic E-state index is -4.16. The van der Waals surface area contributed by atoms with Crippen molar-refractivity contribution in [2.75, 3.05) is 5.32 Å². The van der Waals surface area contributed by atoms with Crippen LogP contribution in [0.1, 0.15) is 11.1 Å². The zero-order valence-corrected chi connectivity index (χ0v) is 20.7. The van der Waals surface area contributed by atoms with E-state index in [4.69, 9.17) is 4.18 Å². The van der Waals surface area contributed by atoms with E-state index in [1.807, 2.05) is 13.0 Å². The maximum Gasteiger partial charge on any atom is 0.339 e. The second-order valence-electron chi connectivity index (χ2n) is 6.65. The average Bonchev–Trinajstić information content (AvgIpc) is 2.75. The van der Waals surface area contributed by atoms with Crippen molar-refractivity contribution in [3.8, 4) is 11.8 Å². The number of benzene rings is 3. The average molecular weight is 576 g/mol. The molecule has 0 aliphatic carbocycles. The highest BCUT2D eigenvalue weighted by Gasteiger charge is 2.21. The van der Waals surface area contributed by atoms with Crippen molar-refractivity contribution >= 4 is 59.6 Å². The molecule has 1 amide bonds. The normalized spacial score (nSPS) is 11.5. The molecule has 0 aromatic heterocycles. The number of hydrogen-bond donors (Lipinski definition) is 1. The number of aryl methyl sites for hydroxylation is 1. The van der Waals surface area contributed by atoms with E-state index in [0.29, 0.717) is 14.6 Å². The predicted molar refractivity (Wildman–Crippen MR) is 129 cm³/mol. The molecule has 162 valence electrons. The maximum atomic E-state index is 12.8. The Balaban J connectivity index is 2.00. The van der Waals surface area contributed by atoms with Crippen LogP contribution in [-0.2, 0) is 14.9 Å². The Bertz CT molecular complexity index is 1330. The minimum absolute atomic E-state index is 0.0184. The van der Waals surface area contributed by atoms with Gasteiger partial charge >= 0.3 is 10.1 Å². The summed E-state index contributed by atoms with van der Waals surface area (Å²) in [5, 5.41) is 12.2. The number of hydrogen-bond acceptors (Lipinski definition) is 5. The molecule has 0 unspecified atom stereocenters. The number of nitrogens with one attached hydrogen (secondary N) is 1. The van der Waals surface area contributed by atoms with Crippen molar-refractivity contribution in [1.29, 1.82) is 5.26 Å². The molecule has 32 heavy (non-hydrogen) atoms. The van der Waals surface area contributed by atoms with E-state index in [1.54, 1.807) is 54.6 Å². The monoisotopic (exact) mass is 574 g/mol. The van der Waals surface area contributed by atoms with Crippen molar-refractivity contribution < 1.29 is 17.4 Å². The lowest BCUT2D eigenvalue weighted by Gasteiger charge is -2.13. The molecule has 0 saturated heterocycles. The molecule has 3 aromatic rings. The summed E-state index contributed by atoms with van der Waals surface area (Å²) in [7, 11) is -4.16. The van der Waals surface area contributed by atoms with Gasteiger partial charge in [-0.1, -0.05) is 51.8 Å². The molecule has 0 radical (unpaired) electrons. The number of carbonyl (C=O) groups is 1. The molecule has 0 saturated carbocycles. The van der Waals surface area contributed by atoms with Gasteiger partial charge in [0.25, 0.3) is 5.91 Å². The number of amides is 1. The molecule has 3 rings (SSSR count). The fourth-order valence-corrected chi connectivity index (χ4v) is 5.08. The summed E-state index contributed by atoms with van der Waals surface area (Å²) < 4.78 is 32.0. The molecule has 0 aliphatic rings. The molecule has 0 bridgehead atoms. The van der Waals surface area contributed by atoms with Gasteiger partial charge in [-0.15, -0.1) is 0 Å². The molecule has 0 spiro atoms. The number of anilines is 1. The van der Waals surface area contributed by atoms with Crippen LogP contribution >= 0.6 is 31.9 Å². The van der Waals surface area contributed by atoms with Crippen LogP contribution in [0.25, 0.3) is 6.08 Å². The Morgan fingerprint density at radius 1 is 1.06 bits per heavy atom. The van der Waals surface area contributed by atoms with Crippen LogP contribution in [-0.4, -0.2) is 14.3 Å². The standard InChI is InChI=1S/C23H16Br2N2O4S/c1-15-7-9-20(10-8-15)32(29,30)31-22-16(12-18(24)13-21(22)25)11-17(14-26)23(28)27-19-5-3-2-4-6-19/h2-13H,1H3,(H,27,28)/b17-11+. The smallest absolute Gasteiger partial charge is 0.339 e. The molecule has 6 nitrogen and oxygen atoms in total. The number of rotatable bonds is 6. The Morgan fingerprint density at radius 3 is 2.34 bits per heavy atom. The SMILES string of the molecule is Cc1ccc(S(=O)(=O)Oc2c(Br)cc(Br)cc2/C=C(\C#N)C(=O)Nc2ccccc2)cc1. The summed E-state index contributed by atoms with van der Waals surface area (Å²) in [6.45, 7) is 1.84. The summed E-state index contributed by atoms with van der Waals surface area (Å²) in [5.74, 6) is -0.684. The minimum Gasteiger partial charge on any atom is -0.377 e. The highest BCUT2D eigenvalue weighted by molar-refractivity contribution is 9.11. The summed E-state index contributed by atoms with van der Waals surface area (Å²) in [6.07, 6.45) is 1.27. The van der Waals surface area contributed by atoms with Crippen LogP contribution in [0.3, 0.4) is 0 Å². The Hall–Kier alpha value is -2.93. The van der Waals surface area contributed by atoms with Crippen LogP contribution in [0, 0.1) is 18.3 Å². The Labute approximate surface area is 202 Å². The number of nitrogens with zero attached hydrogens (tertiary/aromatic N) is 1. The molecule has 0 atom stereocenters. The predicted octanol–water partition coefficient (Wildman–Crippen LogP) is 5.83. The fourth-order valence-electron chi connectivity index (χ4n) is 2.66. The van der Waals surface area contributed by atoms with Crippen LogP contribution < -0.4 is 9.50 Å². The number of para-hydroxylation sites is 1. The van der Waals surface area contributed by atoms with Gasteiger partial charge in [-0.2, -0.15) is 13.7 Å². The van der Waals surface area contributed by atoms with E-state index >= 15 is 0 Å².